The molecular weight excluding hydrogens is 461 g/mol. The molecule has 0 fully saturated rings. The Morgan fingerprint density at radius 2 is 1.52 bits per heavy atom. The van der Waals surface area contributed by atoms with Crippen molar-refractivity contribution in [1.82, 2.24) is 0 Å². The molecule has 1 amide bonds. The predicted octanol–water partition coefficient (Wildman–Crippen LogP) is 3.76. The minimum atomic E-state index is -4.22. The molecule has 0 aliphatic carbocycles. The Balaban J connectivity index is 1.56. The van der Waals surface area contributed by atoms with Crippen LogP contribution < -0.4 is 20.1 Å². The number of amides is 1. The van der Waals surface area contributed by atoms with E-state index in [-0.39, 0.29) is 28.6 Å². The van der Waals surface area contributed by atoms with Gasteiger partial charge in [0.2, 0.25) is 15.7 Å². The first kappa shape index (κ1) is 22.5. The second-order valence-corrected chi connectivity index (χ2v) is 8.89. The number of carbonyl (C=O) groups excluding carboxylic acids is 1. The van der Waals surface area contributed by atoms with Crippen LogP contribution in [0.2, 0.25) is 0 Å². The first-order chi connectivity index (χ1) is 15.7. The van der Waals surface area contributed by atoms with E-state index in [1.54, 1.807) is 0 Å². The predicted molar refractivity (Wildman–Crippen MR) is 113 cm³/mol. The fraction of sp³-hybridized carbons (Fsp3) is 0.136. The van der Waals surface area contributed by atoms with Crippen LogP contribution >= 0.6 is 0 Å². The largest absolute Gasteiger partial charge is 0.486 e. The van der Waals surface area contributed by atoms with Crippen LogP contribution in [0.25, 0.3) is 0 Å². The maximum atomic E-state index is 13.9. The topological polar surface area (TPSA) is 93.7 Å². The molecule has 0 atom stereocenters. The van der Waals surface area contributed by atoms with Crippen molar-refractivity contribution in [2.24, 2.45) is 0 Å². The van der Waals surface area contributed by atoms with E-state index in [1.165, 1.54) is 24.3 Å². The standard InChI is InChI=1S/C22H17F3N2O5S/c23-13-1-4-17(16(25)9-13)27-22(28)12-26-18-5-2-14(24)10-21(18)33(29,30)15-3-6-19-20(11-15)32-8-7-31-19/h1-6,9-11,26H,7-8,12H2,(H,27,28). The van der Waals surface area contributed by atoms with E-state index in [1.807, 2.05) is 0 Å². The van der Waals surface area contributed by atoms with Crippen LogP contribution in [-0.2, 0) is 14.6 Å². The zero-order chi connectivity index (χ0) is 23.6. The summed E-state index contributed by atoms with van der Waals surface area (Å²) in [6, 6.07) is 9.70. The molecule has 0 spiro atoms. The van der Waals surface area contributed by atoms with Gasteiger partial charge in [-0.25, -0.2) is 21.6 Å². The molecule has 172 valence electrons. The second-order valence-electron chi connectivity index (χ2n) is 6.98. The van der Waals surface area contributed by atoms with Crippen LogP contribution in [0.1, 0.15) is 0 Å². The average molecular weight is 478 g/mol. The SMILES string of the molecule is O=C(CNc1ccc(F)cc1S(=O)(=O)c1ccc2c(c1)OCCO2)Nc1ccc(F)cc1F. The van der Waals surface area contributed by atoms with Crippen molar-refractivity contribution < 1.29 is 35.9 Å². The lowest BCUT2D eigenvalue weighted by Crippen LogP contribution is -2.23. The maximum Gasteiger partial charge on any atom is 0.243 e. The molecular formula is C22H17F3N2O5S. The van der Waals surface area contributed by atoms with Gasteiger partial charge in [-0.1, -0.05) is 0 Å². The zero-order valence-electron chi connectivity index (χ0n) is 16.9. The number of ether oxygens (including phenoxy) is 2. The summed E-state index contributed by atoms with van der Waals surface area (Å²) < 4.78 is 77.9. The molecule has 2 N–H and O–H groups in total. The highest BCUT2D eigenvalue weighted by atomic mass is 32.2. The number of fused-ring (bicyclic) bond motifs is 1. The molecule has 0 saturated heterocycles. The van der Waals surface area contributed by atoms with E-state index in [4.69, 9.17) is 9.47 Å². The number of halogens is 3. The van der Waals surface area contributed by atoms with Gasteiger partial charge in [-0.05, 0) is 42.5 Å². The summed E-state index contributed by atoms with van der Waals surface area (Å²) >= 11 is 0. The summed E-state index contributed by atoms with van der Waals surface area (Å²) in [6.07, 6.45) is 0. The lowest BCUT2D eigenvalue weighted by atomic mass is 10.3. The van der Waals surface area contributed by atoms with Crippen LogP contribution in [0, 0.1) is 17.5 Å². The number of hydrogen-bond acceptors (Lipinski definition) is 6. The zero-order valence-corrected chi connectivity index (χ0v) is 17.7. The maximum absolute atomic E-state index is 13.9. The van der Waals surface area contributed by atoms with Crippen molar-refractivity contribution in [1.29, 1.82) is 0 Å². The summed E-state index contributed by atoms with van der Waals surface area (Å²) in [6.45, 7) is 0.125. The van der Waals surface area contributed by atoms with Crippen LogP contribution in [0.15, 0.2) is 64.4 Å². The number of rotatable bonds is 6. The van der Waals surface area contributed by atoms with E-state index in [2.05, 4.69) is 10.6 Å². The van der Waals surface area contributed by atoms with Crippen molar-refractivity contribution in [2.45, 2.75) is 9.79 Å². The molecule has 0 unspecified atom stereocenters. The smallest absolute Gasteiger partial charge is 0.243 e. The Morgan fingerprint density at radius 1 is 0.848 bits per heavy atom. The van der Waals surface area contributed by atoms with Gasteiger partial charge in [-0.2, -0.15) is 0 Å². The molecule has 1 aliphatic rings. The minimum absolute atomic E-state index is 0.0407. The molecule has 4 rings (SSSR count). The van der Waals surface area contributed by atoms with Gasteiger partial charge in [0.05, 0.1) is 27.7 Å². The number of carbonyl (C=O) groups is 1. The number of nitrogens with one attached hydrogen (secondary N) is 2. The molecule has 0 saturated carbocycles. The quantitative estimate of drug-likeness (QED) is 0.561. The summed E-state index contributed by atoms with van der Waals surface area (Å²) in [5, 5.41) is 4.87. The third kappa shape index (κ3) is 4.87. The van der Waals surface area contributed by atoms with Gasteiger partial charge < -0.3 is 20.1 Å². The summed E-state index contributed by atoms with van der Waals surface area (Å²) in [7, 11) is -4.22. The minimum Gasteiger partial charge on any atom is -0.486 e. The molecule has 3 aromatic rings. The van der Waals surface area contributed by atoms with Crippen molar-refractivity contribution in [3.63, 3.8) is 0 Å². The van der Waals surface area contributed by atoms with Crippen molar-refractivity contribution in [3.05, 3.63) is 72.0 Å². The van der Waals surface area contributed by atoms with Crippen molar-refractivity contribution in [3.8, 4) is 11.5 Å². The lowest BCUT2D eigenvalue weighted by molar-refractivity contribution is -0.114. The van der Waals surface area contributed by atoms with E-state index < -0.39 is 44.6 Å². The first-order valence-electron chi connectivity index (χ1n) is 9.67. The molecule has 7 nitrogen and oxygen atoms in total. The Morgan fingerprint density at radius 3 is 2.24 bits per heavy atom. The highest BCUT2D eigenvalue weighted by Gasteiger charge is 2.25. The normalized spacial score (nSPS) is 12.8. The number of sulfone groups is 1. The molecule has 0 radical (unpaired) electrons. The second kappa shape index (κ2) is 9.02. The molecule has 11 heteroatoms. The van der Waals surface area contributed by atoms with Gasteiger partial charge in [0.1, 0.15) is 30.7 Å². The Kier molecular flexibility index (Phi) is 6.14. The van der Waals surface area contributed by atoms with Crippen molar-refractivity contribution >= 4 is 27.1 Å². The van der Waals surface area contributed by atoms with Crippen LogP contribution in [0.5, 0.6) is 11.5 Å². The highest BCUT2D eigenvalue weighted by molar-refractivity contribution is 7.91. The number of hydrogen-bond donors (Lipinski definition) is 2. The van der Waals surface area contributed by atoms with Gasteiger partial charge in [-0.15, -0.1) is 0 Å². The van der Waals surface area contributed by atoms with Crippen LogP contribution in [-0.4, -0.2) is 34.1 Å². The van der Waals surface area contributed by atoms with Gasteiger partial charge in [0.15, 0.2) is 11.5 Å². The fourth-order valence-electron chi connectivity index (χ4n) is 3.14. The van der Waals surface area contributed by atoms with Crippen LogP contribution in [0.3, 0.4) is 0 Å². The summed E-state index contributed by atoms with van der Waals surface area (Å²) in [5.74, 6) is -2.66. The molecule has 0 bridgehead atoms. The van der Waals surface area contributed by atoms with E-state index >= 15 is 0 Å². The van der Waals surface area contributed by atoms with Gasteiger partial charge in [-0.3, -0.25) is 4.79 Å². The van der Waals surface area contributed by atoms with Crippen LogP contribution in [0.4, 0.5) is 24.5 Å². The number of benzene rings is 3. The third-order valence-corrected chi connectivity index (χ3v) is 6.49. The van der Waals surface area contributed by atoms with Gasteiger partial charge in [0.25, 0.3) is 0 Å². The molecule has 33 heavy (non-hydrogen) atoms. The average Bonchev–Trinajstić information content (AvgIpc) is 2.79. The molecule has 1 aliphatic heterocycles. The van der Waals surface area contributed by atoms with Gasteiger partial charge in [0, 0.05) is 12.1 Å². The lowest BCUT2D eigenvalue weighted by Gasteiger charge is -2.19. The van der Waals surface area contributed by atoms with E-state index in [0.29, 0.717) is 18.4 Å². The summed E-state index contributed by atoms with van der Waals surface area (Å²) in [5.41, 5.74) is -0.285. The summed E-state index contributed by atoms with van der Waals surface area (Å²) in [4.78, 5) is 11.6. The Labute approximate surface area is 187 Å². The molecule has 1 heterocycles. The molecule has 0 aromatic heterocycles. The Bertz CT molecular complexity index is 1330. The first-order valence-corrected chi connectivity index (χ1v) is 11.2. The van der Waals surface area contributed by atoms with E-state index in [0.717, 1.165) is 24.3 Å². The third-order valence-electron chi connectivity index (χ3n) is 4.70. The van der Waals surface area contributed by atoms with E-state index in [9.17, 15) is 26.4 Å². The highest BCUT2D eigenvalue weighted by Crippen LogP contribution is 2.36. The van der Waals surface area contributed by atoms with Gasteiger partial charge >= 0.3 is 0 Å². The Hall–Kier alpha value is -3.73. The number of anilines is 2. The molecule has 3 aromatic carbocycles. The monoisotopic (exact) mass is 478 g/mol. The fourth-order valence-corrected chi connectivity index (χ4v) is 4.60. The van der Waals surface area contributed by atoms with Crippen molar-refractivity contribution in [2.75, 3.05) is 30.4 Å².